The zero-order valence-corrected chi connectivity index (χ0v) is 19.8. The molecule has 2 aromatic heterocycles. The summed E-state index contributed by atoms with van der Waals surface area (Å²) in [5, 5.41) is 11.4. The van der Waals surface area contributed by atoms with Crippen molar-refractivity contribution in [2.24, 2.45) is 5.92 Å². The van der Waals surface area contributed by atoms with Crippen molar-refractivity contribution in [3.63, 3.8) is 0 Å². The Bertz CT molecular complexity index is 1080. The molecule has 0 bridgehead atoms. The molecule has 2 heterocycles. The Hall–Kier alpha value is -2.06. The fraction of sp³-hybridized carbons (Fsp3) is 0.520. The molecule has 172 valence electrons. The summed E-state index contributed by atoms with van der Waals surface area (Å²) in [5.74, 6) is 1.08. The summed E-state index contributed by atoms with van der Waals surface area (Å²) in [5.41, 5.74) is 2.32. The molecule has 32 heavy (non-hydrogen) atoms. The Morgan fingerprint density at radius 1 is 1.16 bits per heavy atom. The van der Waals surface area contributed by atoms with E-state index >= 15 is 0 Å². The van der Waals surface area contributed by atoms with Gasteiger partial charge in [-0.3, -0.25) is 9.69 Å². The van der Waals surface area contributed by atoms with Crippen LogP contribution in [0.3, 0.4) is 0 Å². The van der Waals surface area contributed by atoms with Crippen molar-refractivity contribution in [1.29, 1.82) is 0 Å². The highest BCUT2D eigenvalue weighted by molar-refractivity contribution is 7.18. The summed E-state index contributed by atoms with van der Waals surface area (Å²) in [6, 6.07) is 10.2. The molecule has 4 rings (SSSR count). The lowest BCUT2D eigenvalue weighted by molar-refractivity contribution is 0.00517. The molecule has 2 N–H and O–H groups in total. The number of hydrogen-bond acceptors (Lipinski definition) is 6. The maximum absolute atomic E-state index is 12.9. The molecule has 1 unspecified atom stereocenters. The number of aliphatic hydroxyl groups excluding tert-OH is 1. The van der Waals surface area contributed by atoms with Crippen LogP contribution >= 0.6 is 11.3 Å². The Kier molecular flexibility index (Phi) is 7.73. The summed E-state index contributed by atoms with van der Waals surface area (Å²) in [6.45, 7) is 6.67. The third-order valence-electron chi connectivity index (χ3n) is 5.73. The molecular formula is C25H33N3O3S. The van der Waals surface area contributed by atoms with Crippen LogP contribution in [0.15, 0.2) is 35.1 Å². The van der Waals surface area contributed by atoms with Gasteiger partial charge in [0.25, 0.3) is 5.56 Å². The number of hydrogen-bond donors (Lipinski definition) is 2. The lowest BCUT2D eigenvalue weighted by Crippen LogP contribution is -2.35. The van der Waals surface area contributed by atoms with E-state index in [9.17, 15) is 9.90 Å². The number of aryl methyl sites for hydroxylation is 2. The van der Waals surface area contributed by atoms with E-state index in [2.05, 4.69) is 35.9 Å². The van der Waals surface area contributed by atoms with E-state index in [1.807, 2.05) is 18.2 Å². The number of aliphatic hydroxyl groups is 1. The second-order valence-corrected chi connectivity index (χ2v) is 10.2. The fourth-order valence-electron chi connectivity index (χ4n) is 4.31. The maximum Gasteiger partial charge on any atom is 0.259 e. The minimum absolute atomic E-state index is 0.0372. The highest BCUT2D eigenvalue weighted by Crippen LogP contribution is 2.33. The van der Waals surface area contributed by atoms with Gasteiger partial charge in [-0.15, -0.1) is 11.3 Å². The van der Waals surface area contributed by atoms with Gasteiger partial charge in [-0.2, -0.15) is 0 Å². The van der Waals surface area contributed by atoms with Crippen molar-refractivity contribution in [3.05, 3.63) is 62.5 Å². The molecule has 0 amide bonds. The molecule has 0 saturated heterocycles. The number of fused-ring (bicyclic) bond motifs is 3. The zero-order chi connectivity index (χ0) is 22.5. The molecule has 3 aromatic rings. The lowest BCUT2D eigenvalue weighted by Gasteiger charge is -2.25. The number of ether oxygens (including phenoxy) is 1. The van der Waals surface area contributed by atoms with Crippen molar-refractivity contribution in [2.45, 2.75) is 58.7 Å². The van der Waals surface area contributed by atoms with Crippen molar-refractivity contribution in [1.82, 2.24) is 14.9 Å². The van der Waals surface area contributed by atoms with E-state index in [0.717, 1.165) is 35.0 Å². The first kappa shape index (κ1) is 23.1. The van der Waals surface area contributed by atoms with Crippen LogP contribution in [0, 0.1) is 5.92 Å². The predicted octanol–water partition coefficient (Wildman–Crippen LogP) is 3.90. The first-order valence-electron chi connectivity index (χ1n) is 11.5. The molecule has 0 aliphatic heterocycles. The molecule has 1 aliphatic rings. The Labute approximate surface area is 193 Å². The van der Waals surface area contributed by atoms with E-state index in [1.165, 1.54) is 16.9 Å². The highest BCUT2D eigenvalue weighted by Gasteiger charge is 2.21. The zero-order valence-electron chi connectivity index (χ0n) is 19.0. The van der Waals surface area contributed by atoms with Gasteiger partial charge in [-0.05, 0) is 42.7 Å². The van der Waals surface area contributed by atoms with E-state index in [4.69, 9.17) is 9.72 Å². The predicted molar refractivity (Wildman–Crippen MR) is 129 cm³/mol. The maximum atomic E-state index is 12.9. The Morgan fingerprint density at radius 2 is 1.94 bits per heavy atom. The number of nitrogens with one attached hydrogen (secondary N) is 1. The number of aromatic nitrogens is 2. The van der Waals surface area contributed by atoms with Gasteiger partial charge in [-0.25, -0.2) is 4.98 Å². The molecule has 1 aliphatic carbocycles. The van der Waals surface area contributed by atoms with Gasteiger partial charge in [0.2, 0.25) is 0 Å². The fourth-order valence-corrected chi connectivity index (χ4v) is 5.59. The smallest absolute Gasteiger partial charge is 0.259 e. The monoisotopic (exact) mass is 455 g/mol. The van der Waals surface area contributed by atoms with Crippen LogP contribution in [0.5, 0.6) is 0 Å². The normalized spacial score (nSPS) is 14.9. The van der Waals surface area contributed by atoms with Crippen molar-refractivity contribution < 1.29 is 9.84 Å². The van der Waals surface area contributed by atoms with E-state index < -0.39 is 6.10 Å². The van der Waals surface area contributed by atoms with Crippen LogP contribution in [-0.2, 0) is 30.7 Å². The van der Waals surface area contributed by atoms with Gasteiger partial charge >= 0.3 is 0 Å². The number of thiophene rings is 1. The topological polar surface area (TPSA) is 78.5 Å². The second kappa shape index (κ2) is 10.7. The van der Waals surface area contributed by atoms with Crippen LogP contribution in [0.4, 0.5) is 0 Å². The molecule has 1 aromatic carbocycles. The van der Waals surface area contributed by atoms with Gasteiger partial charge in [0.1, 0.15) is 10.7 Å². The number of nitrogens with zero attached hydrogens (tertiary/aromatic N) is 2. The average molecular weight is 456 g/mol. The lowest BCUT2D eigenvalue weighted by atomic mass is 9.97. The van der Waals surface area contributed by atoms with Gasteiger partial charge < -0.3 is 14.8 Å². The quantitative estimate of drug-likeness (QED) is 0.485. The molecule has 6 nitrogen and oxygen atoms in total. The van der Waals surface area contributed by atoms with Gasteiger partial charge in [-0.1, -0.05) is 44.2 Å². The average Bonchev–Trinajstić information content (AvgIpc) is 3.13. The molecule has 0 fully saturated rings. The van der Waals surface area contributed by atoms with Crippen molar-refractivity contribution in [3.8, 4) is 0 Å². The van der Waals surface area contributed by atoms with E-state index in [1.54, 1.807) is 11.3 Å². The van der Waals surface area contributed by atoms with Gasteiger partial charge in [0, 0.05) is 24.6 Å². The molecule has 0 radical (unpaired) electrons. The molecule has 0 saturated carbocycles. The highest BCUT2D eigenvalue weighted by atomic mass is 32.1. The summed E-state index contributed by atoms with van der Waals surface area (Å²) >= 11 is 1.67. The number of H-pyrrole nitrogens is 1. The minimum Gasteiger partial charge on any atom is -0.389 e. The minimum atomic E-state index is -0.609. The molecule has 0 spiro atoms. The van der Waals surface area contributed by atoms with Crippen molar-refractivity contribution >= 4 is 21.6 Å². The standard InChI is InChI=1S/C25H33N3O3S/c1-17(2)15-31-16-19(29)13-28(12-18-8-4-3-5-9-18)14-22-26-24(30)23-20-10-6-7-11-21(20)32-25(23)27-22/h3-5,8-9,17,19,29H,6-7,10-16H2,1-2H3,(H,26,27,30). The molecule has 7 heteroatoms. The van der Waals surface area contributed by atoms with Crippen LogP contribution in [-0.4, -0.2) is 45.8 Å². The first-order chi connectivity index (χ1) is 15.5. The summed E-state index contributed by atoms with van der Waals surface area (Å²) < 4.78 is 5.63. The second-order valence-electron chi connectivity index (χ2n) is 9.14. The summed E-state index contributed by atoms with van der Waals surface area (Å²) in [6.07, 6.45) is 3.74. The SMILES string of the molecule is CC(C)COCC(O)CN(Cc1ccccc1)Cc1nc2sc3c(c2c(=O)[nH]1)CCCC3. The van der Waals surface area contributed by atoms with Crippen LogP contribution in [0.25, 0.3) is 10.2 Å². The van der Waals surface area contributed by atoms with E-state index in [0.29, 0.717) is 44.6 Å². The van der Waals surface area contributed by atoms with Gasteiger partial charge in [0.15, 0.2) is 0 Å². The first-order valence-corrected chi connectivity index (χ1v) is 12.4. The van der Waals surface area contributed by atoms with Gasteiger partial charge in [0.05, 0.1) is 24.6 Å². The van der Waals surface area contributed by atoms with Crippen LogP contribution in [0.2, 0.25) is 0 Å². The third kappa shape index (κ3) is 5.84. The van der Waals surface area contributed by atoms with E-state index in [-0.39, 0.29) is 5.56 Å². The number of rotatable bonds is 10. The van der Waals surface area contributed by atoms with Crippen molar-refractivity contribution in [2.75, 3.05) is 19.8 Å². The Morgan fingerprint density at radius 3 is 2.72 bits per heavy atom. The van der Waals surface area contributed by atoms with Crippen LogP contribution < -0.4 is 5.56 Å². The number of aromatic amines is 1. The Balaban J connectivity index is 1.53. The summed E-state index contributed by atoms with van der Waals surface area (Å²) in [7, 11) is 0. The molecule has 1 atom stereocenters. The van der Waals surface area contributed by atoms with Crippen LogP contribution in [0.1, 0.15) is 48.5 Å². The molecular weight excluding hydrogens is 422 g/mol. The summed E-state index contributed by atoms with van der Waals surface area (Å²) in [4.78, 5) is 25.1. The largest absolute Gasteiger partial charge is 0.389 e. The number of benzene rings is 1. The third-order valence-corrected chi connectivity index (χ3v) is 6.91.